The molecule has 1 atom stereocenters. The molecule has 0 aromatic heterocycles. The van der Waals surface area contributed by atoms with Crippen molar-refractivity contribution in [1.29, 1.82) is 0 Å². The van der Waals surface area contributed by atoms with Gasteiger partial charge in [0.25, 0.3) is 0 Å². The maximum Gasteiger partial charge on any atom is 0.406 e. The van der Waals surface area contributed by atoms with Crippen molar-refractivity contribution in [3.05, 3.63) is 35.4 Å². The maximum absolute atomic E-state index is 12.9. The molecule has 4 heteroatoms. The number of alkyl halides is 3. The van der Waals surface area contributed by atoms with Crippen LogP contribution in [-0.2, 0) is 5.41 Å². The Hall–Kier alpha value is -1.03. The minimum Gasteiger partial charge on any atom is -0.297 e. The van der Waals surface area contributed by atoms with Gasteiger partial charge in [0.2, 0.25) is 0 Å². The Balaban J connectivity index is 2.09. The average molecular weight is 285 g/mol. The second-order valence-corrected chi connectivity index (χ2v) is 6.82. The SMILES string of the molecule is CC(NC1(C(F)(F)F)CC1)c1ccc(C(C)(C)C)cc1. The third kappa shape index (κ3) is 3.00. The number of nitrogens with one attached hydrogen (secondary N) is 1. The van der Waals surface area contributed by atoms with Gasteiger partial charge in [0.05, 0.1) is 0 Å². The van der Waals surface area contributed by atoms with Crippen LogP contribution in [0.4, 0.5) is 13.2 Å². The molecule has 0 heterocycles. The van der Waals surface area contributed by atoms with Gasteiger partial charge in [0.15, 0.2) is 0 Å². The summed E-state index contributed by atoms with van der Waals surface area (Å²) in [6, 6.07) is 7.55. The Morgan fingerprint density at radius 1 is 1.05 bits per heavy atom. The van der Waals surface area contributed by atoms with E-state index >= 15 is 0 Å². The molecule has 1 N–H and O–H groups in total. The van der Waals surface area contributed by atoms with Crippen molar-refractivity contribution in [1.82, 2.24) is 5.32 Å². The van der Waals surface area contributed by atoms with Crippen molar-refractivity contribution in [2.75, 3.05) is 0 Å². The molecule has 1 aromatic carbocycles. The Kier molecular flexibility index (Phi) is 3.66. The summed E-state index contributed by atoms with van der Waals surface area (Å²) >= 11 is 0. The summed E-state index contributed by atoms with van der Waals surface area (Å²) in [5.74, 6) is 0. The Morgan fingerprint density at radius 3 is 1.90 bits per heavy atom. The minimum atomic E-state index is -4.16. The van der Waals surface area contributed by atoms with Crippen molar-refractivity contribution in [2.24, 2.45) is 0 Å². The topological polar surface area (TPSA) is 12.0 Å². The molecule has 1 aromatic rings. The lowest BCUT2D eigenvalue weighted by molar-refractivity contribution is -0.167. The highest BCUT2D eigenvalue weighted by molar-refractivity contribution is 5.29. The Morgan fingerprint density at radius 2 is 1.55 bits per heavy atom. The van der Waals surface area contributed by atoms with Crippen LogP contribution < -0.4 is 5.32 Å². The summed E-state index contributed by atoms with van der Waals surface area (Å²) in [7, 11) is 0. The largest absolute Gasteiger partial charge is 0.406 e. The van der Waals surface area contributed by atoms with Gasteiger partial charge in [-0.05, 0) is 36.3 Å². The van der Waals surface area contributed by atoms with Gasteiger partial charge in [-0.3, -0.25) is 5.32 Å². The highest BCUT2D eigenvalue weighted by atomic mass is 19.4. The second kappa shape index (κ2) is 4.76. The monoisotopic (exact) mass is 285 g/mol. The zero-order valence-electron chi connectivity index (χ0n) is 12.4. The molecule has 20 heavy (non-hydrogen) atoms. The van der Waals surface area contributed by atoms with Crippen LogP contribution in [0.2, 0.25) is 0 Å². The van der Waals surface area contributed by atoms with Gasteiger partial charge in [-0.15, -0.1) is 0 Å². The zero-order valence-corrected chi connectivity index (χ0v) is 12.4. The van der Waals surface area contributed by atoms with Crippen molar-refractivity contribution >= 4 is 0 Å². The summed E-state index contributed by atoms with van der Waals surface area (Å²) < 4.78 is 38.8. The summed E-state index contributed by atoms with van der Waals surface area (Å²) in [6.45, 7) is 8.14. The molecule has 0 amide bonds. The van der Waals surface area contributed by atoms with Gasteiger partial charge in [0.1, 0.15) is 5.54 Å². The summed E-state index contributed by atoms with van der Waals surface area (Å²) in [5.41, 5.74) is 0.479. The van der Waals surface area contributed by atoms with E-state index in [4.69, 9.17) is 0 Å². The van der Waals surface area contributed by atoms with E-state index < -0.39 is 11.7 Å². The van der Waals surface area contributed by atoms with Crippen LogP contribution in [0.25, 0.3) is 0 Å². The van der Waals surface area contributed by atoms with Gasteiger partial charge in [-0.1, -0.05) is 45.0 Å². The van der Waals surface area contributed by atoms with Gasteiger partial charge in [-0.25, -0.2) is 0 Å². The lowest BCUT2D eigenvalue weighted by Gasteiger charge is -2.26. The van der Waals surface area contributed by atoms with Crippen LogP contribution >= 0.6 is 0 Å². The molecule has 1 unspecified atom stereocenters. The fourth-order valence-electron chi connectivity index (χ4n) is 2.40. The van der Waals surface area contributed by atoms with Crippen LogP contribution in [-0.4, -0.2) is 11.7 Å². The molecule has 0 bridgehead atoms. The molecular weight excluding hydrogens is 263 g/mol. The summed E-state index contributed by atoms with van der Waals surface area (Å²) in [6.07, 6.45) is -3.80. The fraction of sp³-hybridized carbons (Fsp3) is 0.625. The molecule has 0 spiro atoms. The molecule has 1 nitrogen and oxygen atoms in total. The number of benzene rings is 1. The van der Waals surface area contributed by atoms with E-state index in [9.17, 15) is 13.2 Å². The minimum absolute atomic E-state index is 0.0544. The van der Waals surface area contributed by atoms with Crippen LogP contribution in [0.1, 0.15) is 57.7 Å². The molecular formula is C16H22F3N. The van der Waals surface area contributed by atoms with Crippen LogP contribution in [0, 0.1) is 0 Å². The predicted octanol–water partition coefficient (Wildman–Crippen LogP) is 4.73. The van der Waals surface area contributed by atoms with E-state index in [-0.39, 0.29) is 24.3 Å². The predicted molar refractivity (Wildman–Crippen MR) is 74.7 cm³/mol. The molecule has 1 aliphatic rings. The highest BCUT2D eigenvalue weighted by Gasteiger charge is 2.63. The van der Waals surface area contributed by atoms with E-state index in [2.05, 4.69) is 26.1 Å². The molecule has 1 fully saturated rings. The van der Waals surface area contributed by atoms with E-state index in [1.807, 2.05) is 24.3 Å². The first-order chi connectivity index (χ1) is 9.05. The molecule has 0 radical (unpaired) electrons. The van der Waals surface area contributed by atoms with Crippen molar-refractivity contribution < 1.29 is 13.2 Å². The number of hydrogen-bond acceptors (Lipinski definition) is 1. The molecule has 1 saturated carbocycles. The number of hydrogen-bond donors (Lipinski definition) is 1. The molecule has 1 aliphatic carbocycles. The molecule has 0 saturated heterocycles. The number of halogens is 3. The smallest absolute Gasteiger partial charge is 0.297 e. The van der Waals surface area contributed by atoms with Gasteiger partial charge >= 0.3 is 6.18 Å². The lowest BCUT2D eigenvalue weighted by Crippen LogP contribution is -2.45. The first-order valence-corrected chi connectivity index (χ1v) is 7.00. The Labute approximate surface area is 118 Å². The van der Waals surface area contributed by atoms with Crippen LogP contribution in [0.15, 0.2) is 24.3 Å². The second-order valence-electron chi connectivity index (χ2n) is 6.82. The first kappa shape index (κ1) is 15.4. The first-order valence-electron chi connectivity index (χ1n) is 7.00. The summed E-state index contributed by atoms with van der Waals surface area (Å²) in [4.78, 5) is 0. The third-order valence-electron chi connectivity index (χ3n) is 4.06. The summed E-state index contributed by atoms with van der Waals surface area (Å²) in [5, 5.41) is 2.76. The van der Waals surface area contributed by atoms with E-state index in [0.717, 1.165) is 5.56 Å². The highest BCUT2D eigenvalue weighted by Crippen LogP contribution is 2.50. The Bertz CT molecular complexity index is 464. The fourth-order valence-corrected chi connectivity index (χ4v) is 2.40. The quantitative estimate of drug-likeness (QED) is 0.846. The van der Waals surface area contributed by atoms with Gasteiger partial charge in [-0.2, -0.15) is 13.2 Å². The maximum atomic E-state index is 12.9. The lowest BCUT2D eigenvalue weighted by atomic mass is 9.86. The normalized spacial score (nSPS) is 19.8. The zero-order chi connectivity index (χ0) is 15.2. The number of rotatable bonds is 3. The van der Waals surface area contributed by atoms with E-state index in [1.54, 1.807) is 6.92 Å². The van der Waals surface area contributed by atoms with Gasteiger partial charge < -0.3 is 0 Å². The van der Waals surface area contributed by atoms with E-state index in [0.29, 0.717) is 0 Å². The molecule has 0 aliphatic heterocycles. The average Bonchev–Trinajstić information content (AvgIpc) is 3.08. The van der Waals surface area contributed by atoms with Crippen molar-refractivity contribution in [3.8, 4) is 0 Å². The van der Waals surface area contributed by atoms with Crippen LogP contribution in [0.3, 0.4) is 0 Å². The molecule has 2 rings (SSSR count). The van der Waals surface area contributed by atoms with Crippen molar-refractivity contribution in [3.63, 3.8) is 0 Å². The van der Waals surface area contributed by atoms with E-state index in [1.165, 1.54) is 5.56 Å². The molecule has 112 valence electrons. The third-order valence-corrected chi connectivity index (χ3v) is 4.06. The van der Waals surface area contributed by atoms with Crippen molar-refractivity contribution in [2.45, 2.75) is 63.7 Å². The van der Waals surface area contributed by atoms with Gasteiger partial charge in [0, 0.05) is 6.04 Å². The van der Waals surface area contributed by atoms with Crippen LogP contribution in [0.5, 0.6) is 0 Å². The standard InChI is InChI=1S/C16H22F3N/c1-11(20-15(9-10-15)16(17,18)19)12-5-7-13(8-6-12)14(2,3)4/h5-8,11,20H,9-10H2,1-4H3.